The molecule has 0 saturated heterocycles. The SMILES string of the molecule is c1ccc(-c2cc(-n3c4ccccc4c4cc(-c5cccc(-c6ccc7c(c6)c6ccccc6n7-c6ccc7oc8cccnc8c7n6)c5)ccc43)cc(-c3ccccc3)n2)cc1. The van der Waals surface area contributed by atoms with E-state index in [4.69, 9.17) is 14.4 Å². The summed E-state index contributed by atoms with van der Waals surface area (Å²) in [4.78, 5) is 14.9. The smallest absolute Gasteiger partial charge is 0.155 e. The molecular formula is C57H35N5O. The number of para-hydroxylation sites is 2. The van der Waals surface area contributed by atoms with Crippen LogP contribution < -0.4 is 0 Å². The van der Waals surface area contributed by atoms with Crippen molar-refractivity contribution in [1.29, 1.82) is 0 Å². The van der Waals surface area contributed by atoms with E-state index in [1.165, 1.54) is 21.5 Å². The van der Waals surface area contributed by atoms with Gasteiger partial charge in [-0.25, -0.2) is 9.97 Å². The highest BCUT2D eigenvalue weighted by atomic mass is 16.3. The zero-order valence-electron chi connectivity index (χ0n) is 33.9. The van der Waals surface area contributed by atoms with E-state index < -0.39 is 0 Å². The van der Waals surface area contributed by atoms with Crippen LogP contribution in [0.3, 0.4) is 0 Å². The van der Waals surface area contributed by atoms with Gasteiger partial charge in [-0.1, -0.05) is 127 Å². The van der Waals surface area contributed by atoms with Gasteiger partial charge in [-0.2, -0.15) is 0 Å². The maximum atomic E-state index is 6.06. The number of aromatic nitrogens is 5. The molecule has 0 fully saturated rings. The normalized spacial score (nSPS) is 11.8. The van der Waals surface area contributed by atoms with Gasteiger partial charge in [0.2, 0.25) is 0 Å². The van der Waals surface area contributed by atoms with Crippen LogP contribution in [0, 0.1) is 0 Å². The minimum atomic E-state index is 0.726. The summed E-state index contributed by atoms with van der Waals surface area (Å²) < 4.78 is 10.7. The van der Waals surface area contributed by atoms with Gasteiger partial charge < -0.3 is 8.98 Å². The van der Waals surface area contributed by atoms with Crippen LogP contribution in [0.2, 0.25) is 0 Å². The number of furan rings is 1. The molecule has 6 aromatic heterocycles. The molecule has 6 nitrogen and oxygen atoms in total. The van der Waals surface area contributed by atoms with Crippen LogP contribution in [0.25, 0.3) is 122 Å². The van der Waals surface area contributed by atoms with E-state index >= 15 is 0 Å². The van der Waals surface area contributed by atoms with Crippen molar-refractivity contribution < 1.29 is 4.42 Å². The second-order valence-electron chi connectivity index (χ2n) is 16.0. The molecule has 63 heavy (non-hydrogen) atoms. The van der Waals surface area contributed by atoms with Gasteiger partial charge in [0.15, 0.2) is 11.2 Å². The summed E-state index contributed by atoms with van der Waals surface area (Å²) in [5.41, 5.74) is 17.2. The molecule has 0 unspecified atom stereocenters. The molecule has 0 aliphatic heterocycles. The Bertz CT molecular complexity index is 3860. The highest BCUT2D eigenvalue weighted by Gasteiger charge is 2.19. The third kappa shape index (κ3) is 5.69. The number of pyridine rings is 3. The molecule has 13 rings (SSSR count). The largest absolute Gasteiger partial charge is 0.453 e. The van der Waals surface area contributed by atoms with Crippen molar-refractivity contribution in [1.82, 2.24) is 24.1 Å². The predicted octanol–water partition coefficient (Wildman–Crippen LogP) is 14.6. The third-order valence-corrected chi connectivity index (χ3v) is 12.4. The number of nitrogens with zero attached hydrogens (tertiary/aromatic N) is 5. The molecule has 0 atom stereocenters. The highest BCUT2D eigenvalue weighted by Crippen LogP contribution is 2.39. The lowest BCUT2D eigenvalue weighted by atomic mass is 9.97. The Morgan fingerprint density at radius 2 is 0.857 bits per heavy atom. The summed E-state index contributed by atoms with van der Waals surface area (Å²) in [5.74, 6) is 0.825. The van der Waals surface area contributed by atoms with Crippen molar-refractivity contribution in [3.05, 3.63) is 212 Å². The zero-order valence-corrected chi connectivity index (χ0v) is 33.9. The van der Waals surface area contributed by atoms with Crippen LogP contribution in [-0.2, 0) is 0 Å². The molecule has 0 bridgehead atoms. The Morgan fingerprint density at radius 3 is 1.51 bits per heavy atom. The Hall–Kier alpha value is -8.61. The van der Waals surface area contributed by atoms with Crippen LogP contribution in [0.1, 0.15) is 0 Å². The van der Waals surface area contributed by atoms with Gasteiger partial charge in [-0.3, -0.25) is 9.55 Å². The van der Waals surface area contributed by atoms with Crippen molar-refractivity contribution in [3.8, 4) is 56.3 Å². The molecule has 6 heterocycles. The first-order valence-electron chi connectivity index (χ1n) is 21.2. The lowest BCUT2D eigenvalue weighted by Gasteiger charge is -2.13. The maximum absolute atomic E-state index is 6.06. The Balaban J connectivity index is 0.920. The molecule has 0 aliphatic rings. The van der Waals surface area contributed by atoms with Gasteiger partial charge >= 0.3 is 0 Å². The molecule has 0 aliphatic carbocycles. The van der Waals surface area contributed by atoms with Crippen molar-refractivity contribution in [3.63, 3.8) is 0 Å². The number of hydrogen-bond donors (Lipinski definition) is 0. The summed E-state index contributed by atoms with van der Waals surface area (Å²) in [6, 6.07) is 73.0. The van der Waals surface area contributed by atoms with E-state index in [0.29, 0.717) is 0 Å². The van der Waals surface area contributed by atoms with E-state index in [1.807, 2.05) is 36.4 Å². The lowest BCUT2D eigenvalue weighted by molar-refractivity contribution is 0.667. The number of fused-ring (bicyclic) bond motifs is 9. The summed E-state index contributed by atoms with van der Waals surface area (Å²) in [5, 5.41) is 4.75. The van der Waals surface area contributed by atoms with Crippen LogP contribution in [0.4, 0.5) is 0 Å². The average Bonchev–Trinajstić information content (AvgIpc) is 4.01. The summed E-state index contributed by atoms with van der Waals surface area (Å²) in [6.45, 7) is 0. The number of hydrogen-bond acceptors (Lipinski definition) is 4. The molecule has 0 spiro atoms. The molecule has 0 radical (unpaired) electrons. The van der Waals surface area contributed by atoms with Gasteiger partial charge in [0, 0.05) is 38.9 Å². The van der Waals surface area contributed by atoms with Crippen molar-refractivity contribution >= 4 is 65.8 Å². The number of rotatable bonds is 6. The monoisotopic (exact) mass is 805 g/mol. The molecule has 0 amide bonds. The number of benzene rings is 7. The fourth-order valence-corrected chi connectivity index (χ4v) is 9.45. The van der Waals surface area contributed by atoms with Gasteiger partial charge in [0.05, 0.1) is 39.1 Å². The molecule has 7 aromatic carbocycles. The zero-order chi connectivity index (χ0) is 41.4. The molecule has 0 N–H and O–H groups in total. The predicted molar refractivity (Wildman–Crippen MR) is 258 cm³/mol. The molecule has 294 valence electrons. The third-order valence-electron chi connectivity index (χ3n) is 12.4. The highest BCUT2D eigenvalue weighted by molar-refractivity contribution is 6.12. The lowest BCUT2D eigenvalue weighted by Crippen LogP contribution is -1.98. The molecular weight excluding hydrogens is 771 g/mol. The first-order valence-corrected chi connectivity index (χ1v) is 21.2. The molecule has 13 aromatic rings. The van der Waals surface area contributed by atoms with Crippen molar-refractivity contribution in [2.75, 3.05) is 0 Å². The van der Waals surface area contributed by atoms with Crippen LogP contribution >= 0.6 is 0 Å². The minimum absolute atomic E-state index is 0.726. The van der Waals surface area contributed by atoms with E-state index in [2.05, 4.69) is 184 Å². The Labute approximate surface area is 361 Å². The van der Waals surface area contributed by atoms with E-state index in [-0.39, 0.29) is 0 Å². The minimum Gasteiger partial charge on any atom is -0.453 e. The summed E-state index contributed by atoms with van der Waals surface area (Å²) >= 11 is 0. The van der Waals surface area contributed by atoms with Crippen molar-refractivity contribution in [2.45, 2.75) is 0 Å². The maximum Gasteiger partial charge on any atom is 0.155 e. The fourth-order valence-electron chi connectivity index (χ4n) is 9.45. The second-order valence-corrected chi connectivity index (χ2v) is 16.0. The van der Waals surface area contributed by atoms with Gasteiger partial charge in [0.1, 0.15) is 16.9 Å². The van der Waals surface area contributed by atoms with E-state index in [0.717, 1.165) is 101 Å². The first kappa shape index (κ1) is 35.2. The topological polar surface area (TPSA) is 61.7 Å². The van der Waals surface area contributed by atoms with Crippen LogP contribution in [0.5, 0.6) is 0 Å². The van der Waals surface area contributed by atoms with Gasteiger partial charge in [-0.15, -0.1) is 0 Å². The second kappa shape index (κ2) is 14.0. The Morgan fingerprint density at radius 1 is 0.333 bits per heavy atom. The standard InChI is InChI=1S/C57H35N5O/c1-3-13-36(14-4-1)47-34-42(35-48(59-47)37-15-5-2-6-16-37)61-49-21-9-7-19-43(49)45-32-40(24-26-51(45)61)38-17-11-18-39(31-38)41-25-27-52-46(33-41)44-20-8-10-22-50(44)62(52)55-29-28-54-57(60-55)56-53(63-54)23-12-30-58-56/h1-35H. The summed E-state index contributed by atoms with van der Waals surface area (Å²) in [6.07, 6.45) is 1.78. The van der Waals surface area contributed by atoms with Crippen LogP contribution in [0.15, 0.2) is 217 Å². The van der Waals surface area contributed by atoms with E-state index in [1.54, 1.807) is 6.20 Å². The van der Waals surface area contributed by atoms with Crippen molar-refractivity contribution in [2.24, 2.45) is 0 Å². The molecule has 6 heteroatoms. The quantitative estimate of drug-likeness (QED) is 0.168. The molecule has 0 saturated carbocycles. The van der Waals surface area contributed by atoms with E-state index in [9.17, 15) is 0 Å². The average molecular weight is 806 g/mol. The summed E-state index contributed by atoms with van der Waals surface area (Å²) in [7, 11) is 0. The van der Waals surface area contributed by atoms with Gasteiger partial charge in [-0.05, 0) is 101 Å². The Kier molecular flexibility index (Phi) is 7.80. The van der Waals surface area contributed by atoms with Crippen LogP contribution in [-0.4, -0.2) is 24.1 Å². The van der Waals surface area contributed by atoms with Gasteiger partial charge in [0.25, 0.3) is 0 Å². The fraction of sp³-hybridized carbons (Fsp3) is 0. The first-order chi connectivity index (χ1) is 31.2.